The topological polar surface area (TPSA) is 84.0 Å². The number of aromatic nitrogens is 2. The van der Waals surface area contributed by atoms with E-state index in [1.165, 1.54) is 37.8 Å². The van der Waals surface area contributed by atoms with Crippen LogP contribution in [0.15, 0.2) is 35.2 Å². The van der Waals surface area contributed by atoms with Crippen LogP contribution in [0.25, 0.3) is 0 Å². The van der Waals surface area contributed by atoms with E-state index in [1.54, 1.807) is 19.1 Å². The number of hydrogen-bond donors (Lipinski definition) is 2. The molecule has 0 atom stereocenters. The molecule has 1 saturated carbocycles. The Labute approximate surface area is 153 Å². The van der Waals surface area contributed by atoms with Crippen LogP contribution in [0.1, 0.15) is 44.1 Å². The molecule has 0 spiro atoms. The fourth-order valence-electron chi connectivity index (χ4n) is 3.20. The molecule has 1 fully saturated rings. The molecule has 8 heteroatoms. The lowest BCUT2D eigenvalue weighted by molar-refractivity contribution is 0.598. The molecule has 1 aromatic carbocycles. The number of nitrogens with zero attached hydrogens (tertiary/aromatic N) is 2. The molecule has 26 heavy (non-hydrogen) atoms. The van der Waals surface area contributed by atoms with Crippen LogP contribution in [0.2, 0.25) is 0 Å². The Hall–Kier alpha value is -2.22. The van der Waals surface area contributed by atoms with E-state index in [4.69, 9.17) is 0 Å². The maximum atomic E-state index is 13.2. The van der Waals surface area contributed by atoms with Crippen LogP contribution >= 0.6 is 0 Å². The van der Waals surface area contributed by atoms with Gasteiger partial charge in [0.2, 0.25) is 0 Å². The summed E-state index contributed by atoms with van der Waals surface area (Å²) < 4.78 is 40.5. The summed E-state index contributed by atoms with van der Waals surface area (Å²) >= 11 is 0. The van der Waals surface area contributed by atoms with Gasteiger partial charge < -0.3 is 5.32 Å². The number of halogens is 1. The maximum absolute atomic E-state index is 13.2. The lowest BCUT2D eigenvalue weighted by Gasteiger charge is -2.16. The predicted molar refractivity (Wildman–Crippen MR) is 99.1 cm³/mol. The fraction of sp³-hybridized carbons (Fsp3) is 0.444. The number of aryl methyl sites for hydroxylation is 1. The van der Waals surface area contributed by atoms with Crippen LogP contribution in [0.3, 0.4) is 0 Å². The molecule has 2 N–H and O–H groups in total. The minimum atomic E-state index is -3.85. The van der Waals surface area contributed by atoms with Gasteiger partial charge in [-0.05, 0) is 55.7 Å². The van der Waals surface area contributed by atoms with E-state index < -0.39 is 15.8 Å². The second-order valence-electron chi connectivity index (χ2n) is 6.65. The molecule has 0 amide bonds. The molecule has 1 aromatic heterocycles. The first-order valence-corrected chi connectivity index (χ1v) is 10.3. The van der Waals surface area contributed by atoms with E-state index in [9.17, 15) is 12.8 Å². The van der Waals surface area contributed by atoms with E-state index >= 15 is 0 Å². The molecule has 6 nitrogen and oxygen atoms in total. The van der Waals surface area contributed by atoms with Gasteiger partial charge in [0.25, 0.3) is 10.0 Å². The first-order valence-electron chi connectivity index (χ1n) is 8.83. The summed E-state index contributed by atoms with van der Waals surface area (Å²) in [7, 11) is -3.85. The highest BCUT2D eigenvalue weighted by Gasteiger charge is 2.18. The van der Waals surface area contributed by atoms with Gasteiger partial charge in [-0.3, -0.25) is 4.72 Å². The summed E-state index contributed by atoms with van der Waals surface area (Å²) in [6.45, 7) is 1.54. The van der Waals surface area contributed by atoms with Gasteiger partial charge in [0.1, 0.15) is 11.6 Å². The van der Waals surface area contributed by atoms with Gasteiger partial charge >= 0.3 is 0 Å². The molecular weight excluding hydrogens is 355 g/mol. The van der Waals surface area contributed by atoms with Gasteiger partial charge in [0, 0.05) is 6.04 Å². The zero-order valence-electron chi connectivity index (χ0n) is 14.7. The number of benzene rings is 1. The van der Waals surface area contributed by atoms with Crippen molar-refractivity contribution in [3.8, 4) is 0 Å². The lowest BCUT2D eigenvalue weighted by atomic mass is 10.1. The van der Waals surface area contributed by atoms with Crippen molar-refractivity contribution in [3.05, 3.63) is 41.7 Å². The van der Waals surface area contributed by atoms with E-state index in [2.05, 4.69) is 20.2 Å². The molecule has 140 valence electrons. The molecule has 1 aliphatic rings. The first kappa shape index (κ1) is 18.6. The highest BCUT2D eigenvalue weighted by Crippen LogP contribution is 2.22. The SMILES string of the molecule is Cc1cc(F)ccc1S(=O)(=O)Nc1ccc(NC2CCCCCC2)nn1. The van der Waals surface area contributed by atoms with Crippen LogP contribution < -0.4 is 10.0 Å². The lowest BCUT2D eigenvalue weighted by Crippen LogP contribution is -2.20. The normalized spacial score (nSPS) is 16.1. The fourth-order valence-corrected chi connectivity index (χ4v) is 4.43. The molecule has 0 unspecified atom stereocenters. The van der Waals surface area contributed by atoms with E-state index in [-0.39, 0.29) is 10.7 Å². The van der Waals surface area contributed by atoms with Gasteiger partial charge in [0.15, 0.2) is 5.82 Å². The largest absolute Gasteiger partial charge is 0.366 e. The van der Waals surface area contributed by atoms with Crippen LogP contribution in [-0.4, -0.2) is 24.7 Å². The monoisotopic (exact) mass is 378 g/mol. The molecule has 0 bridgehead atoms. The number of rotatable bonds is 5. The molecule has 3 rings (SSSR count). The maximum Gasteiger partial charge on any atom is 0.263 e. The highest BCUT2D eigenvalue weighted by molar-refractivity contribution is 7.92. The number of nitrogens with one attached hydrogen (secondary N) is 2. The van der Waals surface area contributed by atoms with Gasteiger partial charge in [-0.2, -0.15) is 0 Å². The number of anilines is 2. The summed E-state index contributed by atoms with van der Waals surface area (Å²) in [5.41, 5.74) is 0.331. The van der Waals surface area contributed by atoms with Crippen LogP contribution in [0.4, 0.5) is 16.0 Å². The third-order valence-corrected chi connectivity index (χ3v) is 6.05. The molecule has 1 heterocycles. The summed E-state index contributed by atoms with van der Waals surface area (Å²) in [5, 5.41) is 11.4. The summed E-state index contributed by atoms with van der Waals surface area (Å²) in [5.74, 6) is 0.285. The van der Waals surface area contributed by atoms with Crippen LogP contribution in [0, 0.1) is 12.7 Å². The predicted octanol–water partition coefficient (Wildman–Crippen LogP) is 3.86. The average Bonchev–Trinajstić information content (AvgIpc) is 2.84. The zero-order valence-corrected chi connectivity index (χ0v) is 15.5. The van der Waals surface area contributed by atoms with Crippen molar-refractivity contribution in [2.75, 3.05) is 10.0 Å². The van der Waals surface area contributed by atoms with Crippen molar-refractivity contribution in [1.29, 1.82) is 0 Å². The third kappa shape index (κ3) is 4.69. The molecule has 0 radical (unpaired) electrons. The third-order valence-electron chi connectivity index (χ3n) is 4.54. The van der Waals surface area contributed by atoms with E-state index in [0.717, 1.165) is 18.9 Å². The Kier molecular flexibility index (Phi) is 5.70. The van der Waals surface area contributed by atoms with Gasteiger partial charge in [-0.15, -0.1) is 10.2 Å². The van der Waals surface area contributed by atoms with Gasteiger partial charge in [0.05, 0.1) is 4.90 Å². The second kappa shape index (κ2) is 7.99. The second-order valence-corrected chi connectivity index (χ2v) is 8.30. The van der Waals surface area contributed by atoms with Crippen molar-refractivity contribution in [2.24, 2.45) is 0 Å². The zero-order chi connectivity index (χ0) is 18.6. The van der Waals surface area contributed by atoms with Crippen molar-refractivity contribution in [3.63, 3.8) is 0 Å². The standard InChI is InChI=1S/C18H23FN4O2S/c1-13-12-14(19)8-9-16(13)26(24,25)23-18-11-10-17(21-22-18)20-15-6-4-2-3-5-7-15/h8-12,15H,2-7H2,1H3,(H,20,21)(H,22,23). The molecule has 2 aromatic rings. The van der Waals surface area contributed by atoms with Crippen molar-refractivity contribution < 1.29 is 12.8 Å². The quantitative estimate of drug-likeness (QED) is 0.772. The average molecular weight is 378 g/mol. The van der Waals surface area contributed by atoms with Crippen molar-refractivity contribution >= 4 is 21.7 Å². The van der Waals surface area contributed by atoms with Gasteiger partial charge in [-0.25, -0.2) is 12.8 Å². The molecule has 1 aliphatic carbocycles. The number of hydrogen-bond acceptors (Lipinski definition) is 5. The Bertz CT molecular complexity index is 848. The summed E-state index contributed by atoms with van der Waals surface area (Å²) in [4.78, 5) is 0.0151. The summed E-state index contributed by atoms with van der Waals surface area (Å²) in [6.07, 6.45) is 7.18. The van der Waals surface area contributed by atoms with E-state index in [0.29, 0.717) is 17.4 Å². The minimum Gasteiger partial charge on any atom is -0.366 e. The van der Waals surface area contributed by atoms with Crippen molar-refractivity contribution in [2.45, 2.75) is 56.4 Å². The highest BCUT2D eigenvalue weighted by atomic mass is 32.2. The first-order chi connectivity index (χ1) is 12.4. The van der Waals surface area contributed by atoms with Gasteiger partial charge in [-0.1, -0.05) is 25.7 Å². The minimum absolute atomic E-state index is 0.0151. The van der Waals surface area contributed by atoms with Crippen molar-refractivity contribution in [1.82, 2.24) is 10.2 Å². The Morgan fingerprint density at radius 1 is 1.00 bits per heavy atom. The molecule has 0 aliphatic heterocycles. The smallest absolute Gasteiger partial charge is 0.263 e. The molecular formula is C18H23FN4O2S. The Morgan fingerprint density at radius 3 is 2.27 bits per heavy atom. The Balaban J connectivity index is 1.68. The summed E-state index contributed by atoms with van der Waals surface area (Å²) in [6, 6.07) is 7.21. The van der Waals surface area contributed by atoms with Crippen LogP contribution in [-0.2, 0) is 10.0 Å². The molecule has 0 saturated heterocycles. The Morgan fingerprint density at radius 2 is 1.65 bits per heavy atom. The van der Waals surface area contributed by atoms with E-state index in [1.807, 2.05) is 0 Å². The van der Waals surface area contributed by atoms with Crippen LogP contribution in [0.5, 0.6) is 0 Å². The number of sulfonamides is 1.